The summed E-state index contributed by atoms with van der Waals surface area (Å²) in [4.78, 5) is 24.1. The van der Waals surface area contributed by atoms with Gasteiger partial charge in [-0.3, -0.25) is 10.1 Å². The number of imide groups is 1. The zero-order valence-corrected chi connectivity index (χ0v) is 16.6. The van der Waals surface area contributed by atoms with E-state index < -0.39 is 11.9 Å². The Hall–Kier alpha value is -3.20. The van der Waals surface area contributed by atoms with Crippen LogP contribution < -0.4 is 10.6 Å². The molecule has 144 valence electrons. The number of hydrogen-bond donors (Lipinski definition) is 2. The highest BCUT2D eigenvalue weighted by Crippen LogP contribution is 2.18. The van der Waals surface area contributed by atoms with E-state index in [0.717, 1.165) is 34.1 Å². The molecule has 2 N–H and O–H groups in total. The Kier molecular flexibility index (Phi) is 6.05. The van der Waals surface area contributed by atoms with Crippen molar-refractivity contribution in [3.8, 4) is 5.69 Å². The van der Waals surface area contributed by atoms with Crippen molar-refractivity contribution in [2.45, 2.75) is 25.9 Å². The largest absolute Gasteiger partial charge is 0.325 e. The number of hydrogen-bond acceptors (Lipinski definition) is 6. The predicted molar refractivity (Wildman–Crippen MR) is 108 cm³/mol. The van der Waals surface area contributed by atoms with Crippen LogP contribution in [0.4, 0.5) is 10.5 Å². The van der Waals surface area contributed by atoms with Crippen LogP contribution in [0, 0.1) is 20.8 Å². The summed E-state index contributed by atoms with van der Waals surface area (Å²) >= 11 is 1.15. The summed E-state index contributed by atoms with van der Waals surface area (Å²) in [6.45, 7) is 5.86. The zero-order chi connectivity index (χ0) is 20.1. The summed E-state index contributed by atoms with van der Waals surface area (Å²) in [5.41, 5.74) is 4.61. The second-order valence-corrected chi connectivity index (χ2v) is 7.26. The van der Waals surface area contributed by atoms with E-state index in [9.17, 15) is 9.59 Å². The van der Waals surface area contributed by atoms with Crippen LogP contribution in [0.25, 0.3) is 5.69 Å². The van der Waals surface area contributed by atoms with E-state index in [1.807, 2.05) is 57.2 Å². The van der Waals surface area contributed by atoms with Crippen molar-refractivity contribution < 1.29 is 9.59 Å². The molecular weight excluding hydrogens is 376 g/mol. The van der Waals surface area contributed by atoms with E-state index in [2.05, 4.69) is 26.2 Å². The van der Waals surface area contributed by atoms with Crippen molar-refractivity contribution in [1.82, 2.24) is 25.5 Å². The number of aryl methyl sites for hydroxylation is 3. The van der Waals surface area contributed by atoms with Gasteiger partial charge < -0.3 is 5.32 Å². The smallest absolute Gasteiger partial charge is 0.307 e. The first-order valence-corrected chi connectivity index (χ1v) is 9.57. The molecule has 0 aliphatic carbocycles. The second kappa shape index (κ2) is 8.66. The molecule has 3 amide bonds. The molecule has 2 aromatic carbocycles. The van der Waals surface area contributed by atoms with Crippen LogP contribution in [0.5, 0.6) is 0 Å². The van der Waals surface area contributed by atoms with Gasteiger partial charge in [0.1, 0.15) is 0 Å². The lowest BCUT2D eigenvalue weighted by atomic mass is 10.1. The number of benzene rings is 2. The fraction of sp³-hybridized carbons (Fsp3) is 0.211. The number of anilines is 1. The SMILES string of the molecule is Cc1ccc(-n2nnnc2SCC(=O)NC(=O)Nc2ccc(C)cc2C)cc1. The topological polar surface area (TPSA) is 102 Å². The number of urea groups is 1. The molecule has 0 saturated heterocycles. The van der Waals surface area contributed by atoms with Crippen LogP contribution in [-0.4, -0.2) is 37.9 Å². The minimum Gasteiger partial charge on any atom is -0.307 e. The van der Waals surface area contributed by atoms with E-state index in [1.54, 1.807) is 10.7 Å². The molecule has 3 rings (SSSR count). The van der Waals surface area contributed by atoms with Gasteiger partial charge in [0.15, 0.2) is 0 Å². The number of carbonyl (C=O) groups is 2. The van der Waals surface area contributed by atoms with E-state index >= 15 is 0 Å². The molecule has 0 spiro atoms. The third-order valence-electron chi connectivity index (χ3n) is 3.93. The number of thioether (sulfide) groups is 1. The molecule has 1 aromatic heterocycles. The normalized spacial score (nSPS) is 10.5. The average molecular weight is 396 g/mol. The van der Waals surface area contributed by atoms with E-state index in [-0.39, 0.29) is 5.75 Å². The molecule has 0 fully saturated rings. The maximum Gasteiger partial charge on any atom is 0.325 e. The van der Waals surface area contributed by atoms with Gasteiger partial charge in [0.2, 0.25) is 11.1 Å². The van der Waals surface area contributed by atoms with Crippen molar-refractivity contribution in [2.75, 3.05) is 11.1 Å². The molecule has 0 saturated carbocycles. The van der Waals surface area contributed by atoms with Crippen LogP contribution in [0.15, 0.2) is 47.6 Å². The van der Waals surface area contributed by atoms with Gasteiger partial charge >= 0.3 is 6.03 Å². The molecule has 0 radical (unpaired) electrons. The van der Waals surface area contributed by atoms with Crippen LogP contribution in [0.2, 0.25) is 0 Å². The highest BCUT2D eigenvalue weighted by atomic mass is 32.2. The molecule has 28 heavy (non-hydrogen) atoms. The number of nitrogens with zero attached hydrogens (tertiary/aromatic N) is 4. The minimum atomic E-state index is -0.573. The van der Waals surface area contributed by atoms with Crippen molar-refractivity contribution in [1.29, 1.82) is 0 Å². The van der Waals surface area contributed by atoms with Gasteiger partial charge in [0, 0.05) is 5.69 Å². The minimum absolute atomic E-state index is 0.00648. The molecule has 0 bridgehead atoms. The Labute approximate surface area is 166 Å². The first kappa shape index (κ1) is 19.6. The Morgan fingerprint density at radius 1 is 1.04 bits per heavy atom. The molecular formula is C19H20N6O2S. The summed E-state index contributed by atoms with van der Waals surface area (Å²) in [6.07, 6.45) is 0. The van der Waals surface area contributed by atoms with Gasteiger partial charge in [-0.2, -0.15) is 4.68 Å². The number of tetrazole rings is 1. The van der Waals surface area contributed by atoms with E-state index in [1.165, 1.54) is 0 Å². The number of aromatic nitrogens is 4. The van der Waals surface area contributed by atoms with Gasteiger partial charge in [-0.1, -0.05) is 47.2 Å². The number of nitrogens with one attached hydrogen (secondary N) is 2. The maximum atomic E-state index is 12.1. The Balaban J connectivity index is 1.55. The van der Waals surface area contributed by atoms with Gasteiger partial charge in [-0.05, 0) is 55.0 Å². The summed E-state index contributed by atoms with van der Waals surface area (Å²) in [5, 5.41) is 17.0. The lowest BCUT2D eigenvalue weighted by Crippen LogP contribution is -2.35. The Bertz CT molecular complexity index is 1000. The molecule has 0 atom stereocenters. The third kappa shape index (κ3) is 4.95. The highest BCUT2D eigenvalue weighted by molar-refractivity contribution is 7.99. The van der Waals surface area contributed by atoms with Gasteiger partial charge in [-0.25, -0.2) is 4.79 Å². The first-order chi connectivity index (χ1) is 13.4. The average Bonchev–Trinajstić information content (AvgIpc) is 3.11. The van der Waals surface area contributed by atoms with Crippen molar-refractivity contribution >= 4 is 29.4 Å². The number of amides is 3. The van der Waals surface area contributed by atoms with Gasteiger partial charge in [-0.15, -0.1) is 5.10 Å². The fourth-order valence-electron chi connectivity index (χ4n) is 2.52. The van der Waals surface area contributed by atoms with Crippen molar-refractivity contribution in [3.05, 3.63) is 59.2 Å². The van der Waals surface area contributed by atoms with Crippen LogP contribution >= 0.6 is 11.8 Å². The fourth-order valence-corrected chi connectivity index (χ4v) is 3.21. The lowest BCUT2D eigenvalue weighted by Gasteiger charge is -2.10. The number of rotatable bonds is 5. The van der Waals surface area contributed by atoms with Crippen LogP contribution in [0.3, 0.4) is 0 Å². The Morgan fingerprint density at radius 2 is 1.75 bits per heavy atom. The van der Waals surface area contributed by atoms with E-state index in [0.29, 0.717) is 10.8 Å². The molecule has 8 nitrogen and oxygen atoms in total. The molecule has 9 heteroatoms. The molecule has 1 heterocycles. The maximum absolute atomic E-state index is 12.1. The van der Waals surface area contributed by atoms with Crippen LogP contribution in [0.1, 0.15) is 16.7 Å². The quantitative estimate of drug-likeness (QED) is 0.643. The second-order valence-electron chi connectivity index (χ2n) is 6.32. The Morgan fingerprint density at radius 3 is 2.46 bits per heavy atom. The standard InChI is InChI=1S/C19H20N6O2S/c1-12-4-7-15(8-5-12)25-19(22-23-24-25)28-11-17(26)21-18(27)20-16-9-6-13(2)10-14(16)3/h4-10H,11H2,1-3H3,(H2,20,21,26,27). The predicted octanol–water partition coefficient (Wildman–Crippen LogP) is 3.03. The highest BCUT2D eigenvalue weighted by Gasteiger charge is 2.14. The summed E-state index contributed by atoms with van der Waals surface area (Å²) in [6, 6.07) is 12.8. The first-order valence-electron chi connectivity index (χ1n) is 8.58. The molecule has 0 unspecified atom stereocenters. The monoisotopic (exact) mass is 396 g/mol. The summed E-state index contributed by atoms with van der Waals surface area (Å²) in [7, 11) is 0. The van der Waals surface area contributed by atoms with E-state index in [4.69, 9.17) is 0 Å². The molecule has 0 aliphatic rings. The number of carbonyl (C=O) groups excluding carboxylic acids is 2. The third-order valence-corrected chi connectivity index (χ3v) is 4.85. The molecule has 0 aliphatic heterocycles. The lowest BCUT2D eigenvalue weighted by molar-refractivity contribution is -0.117. The zero-order valence-electron chi connectivity index (χ0n) is 15.8. The molecule has 3 aromatic rings. The van der Waals surface area contributed by atoms with Gasteiger partial charge in [0.05, 0.1) is 11.4 Å². The summed E-state index contributed by atoms with van der Waals surface area (Å²) in [5.74, 6) is -0.433. The van der Waals surface area contributed by atoms with Gasteiger partial charge in [0.25, 0.3) is 0 Å². The van der Waals surface area contributed by atoms with Crippen molar-refractivity contribution in [3.63, 3.8) is 0 Å². The van der Waals surface area contributed by atoms with Crippen molar-refractivity contribution in [2.24, 2.45) is 0 Å². The van der Waals surface area contributed by atoms with Crippen LogP contribution in [-0.2, 0) is 4.79 Å². The summed E-state index contributed by atoms with van der Waals surface area (Å²) < 4.78 is 1.55.